The Morgan fingerprint density at radius 1 is 1.26 bits per heavy atom. The van der Waals surface area contributed by atoms with E-state index < -0.39 is 20.0 Å². The summed E-state index contributed by atoms with van der Waals surface area (Å²) in [6.45, 7) is 16.7. The Kier molecular flexibility index (Phi) is 5.86. The molecular weight excluding hydrogens is 310 g/mol. The van der Waals surface area contributed by atoms with Crippen LogP contribution in [0.25, 0.3) is 0 Å². The number of hydrogen-bond donors (Lipinski definition) is 0. The van der Waals surface area contributed by atoms with Gasteiger partial charge in [-0.15, -0.1) is 0 Å². The van der Waals surface area contributed by atoms with Crippen LogP contribution in [0, 0.1) is 0 Å². The maximum Gasteiger partial charge on any atom is 0.411 e. The highest BCUT2D eigenvalue weighted by Crippen LogP contribution is 2.36. The molecular formula is C17H31NO4Si. The number of ether oxygens (including phenoxy) is 1. The molecule has 0 fully saturated rings. The molecule has 0 N–H and O–H groups in total. The highest BCUT2D eigenvalue weighted by atomic mass is 28.4. The van der Waals surface area contributed by atoms with Gasteiger partial charge in [0, 0.05) is 0 Å². The molecule has 132 valence electrons. The minimum Gasteiger partial charge on any atom is -0.444 e. The summed E-state index contributed by atoms with van der Waals surface area (Å²) in [7, 11) is -1.91. The Balaban J connectivity index is 2.83. The average Bonchev–Trinajstić information content (AvgIpc) is 2.33. The molecule has 0 aromatic carbocycles. The zero-order valence-corrected chi connectivity index (χ0v) is 16.7. The van der Waals surface area contributed by atoms with Crippen molar-refractivity contribution in [3.63, 3.8) is 0 Å². The Labute approximate surface area is 141 Å². The van der Waals surface area contributed by atoms with Crippen molar-refractivity contribution in [1.82, 2.24) is 4.90 Å². The van der Waals surface area contributed by atoms with Crippen LogP contribution < -0.4 is 0 Å². The van der Waals surface area contributed by atoms with Gasteiger partial charge in [-0.25, -0.2) is 4.79 Å². The first-order valence-corrected chi connectivity index (χ1v) is 11.0. The molecule has 0 aromatic heterocycles. The van der Waals surface area contributed by atoms with Crippen LogP contribution in [0.3, 0.4) is 0 Å². The minimum atomic E-state index is -1.91. The van der Waals surface area contributed by atoms with Gasteiger partial charge in [0.2, 0.25) is 0 Å². The van der Waals surface area contributed by atoms with Gasteiger partial charge in [-0.3, -0.25) is 9.69 Å². The maximum atomic E-state index is 12.4. The molecule has 1 rings (SSSR count). The molecule has 1 aliphatic heterocycles. The third kappa shape index (κ3) is 5.77. The predicted molar refractivity (Wildman–Crippen MR) is 94.0 cm³/mol. The van der Waals surface area contributed by atoms with Crippen LogP contribution in [0.2, 0.25) is 18.1 Å². The van der Waals surface area contributed by atoms with Gasteiger partial charge < -0.3 is 9.16 Å². The van der Waals surface area contributed by atoms with Crippen molar-refractivity contribution in [3.05, 3.63) is 12.2 Å². The fraction of sp³-hybridized carbons (Fsp3) is 0.765. The molecule has 1 heterocycles. The van der Waals surface area contributed by atoms with Gasteiger partial charge in [-0.1, -0.05) is 26.8 Å². The summed E-state index contributed by atoms with van der Waals surface area (Å²) >= 11 is 0. The van der Waals surface area contributed by atoms with Gasteiger partial charge in [0.15, 0.2) is 14.1 Å². The molecule has 0 spiro atoms. The quantitative estimate of drug-likeness (QED) is 0.734. The number of ketones is 1. The van der Waals surface area contributed by atoms with Crippen LogP contribution in [0.4, 0.5) is 4.79 Å². The number of amides is 1. The number of rotatable bonds is 3. The van der Waals surface area contributed by atoms with Crippen molar-refractivity contribution in [2.24, 2.45) is 0 Å². The summed E-state index contributed by atoms with van der Waals surface area (Å²) in [5.74, 6) is -0.0977. The Hall–Kier alpha value is -1.14. The topological polar surface area (TPSA) is 55.8 Å². The second-order valence-electron chi connectivity index (χ2n) is 8.57. The minimum absolute atomic E-state index is 0.0386. The van der Waals surface area contributed by atoms with Crippen molar-refractivity contribution in [3.8, 4) is 0 Å². The molecule has 1 aliphatic rings. The van der Waals surface area contributed by atoms with E-state index in [0.717, 1.165) is 0 Å². The molecule has 6 heteroatoms. The van der Waals surface area contributed by atoms with E-state index in [4.69, 9.17) is 9.16 Å². The molecule has 0 radical (unpaired) electrons. The van der Waals surface area contributed by atoms with E-state index in [-0.39, 0.29) is 23.4 Å². The standard InChI is InChI=1S/C17H31NO4Si/c1-16(2,3)22-15(20)18-11-14(19)10-9-13(18)12-21-23(7,8)17(4,5)6/h9-10,13H,11-12H2,1-8H3/t13-/m0/s1. The lowest BCUT2D eigenvalue weighted by atomic mass is 10.1. The summed E-state index contributed by atoms with van der Waals surface area (Å²) in [5, 5.41) is 0.0952. The lowest BCUT2D eigenvalue weighted by Gasteiger charge is -2.39. The van der Waals surface area contributed by atoms with Crippen LogP contribution in [-0.4, -0.2) is 49.9 Å². The van der Waals surface area contributed by atoms with Crippen LogP contribution >= 0.6 is 0 Å². The highest BCUT2D eigenvalue weighted by Gasteiger charge is 2.39. The summed E-state index contributed by atoms with van der Waals surface area (Å²) in [4.78, 5) is 25.5. The van der Waals surface area contributed by atoms with Crippen molar-refractivity contribution in [1.29, 1.82) is 0 Å². The van der Waals surface area contributed by atoms with Gasteiger partial charge in [0.25, 0.3) is 0 Å². The van der Waals surface area contributed by atoms with E-state index in [1.165, 1.54) is 11.0 Å². The first-order valence-electron chi connectivity index (χ1n) is 8.07. The fourth-order valence-electron chi connectivity index (χ4n) is 1.84. The summed E-state index contributed by atoms with van der Waals surface area (Å²) in [5.41, 5.74) is -0.591. The van der Waals surface area contributed by atoms with Crippen LogP contribution in [0.1, 0.15) is 41.5 Å². The van der Waals surface area contributed by atoms with Gasteiger partial charge in [0.1, 0.15) is 5.60 Å². The third-order valence-corrected chi connectivity index (χ3v) is 8.78. The molecule has 0 bridgehead atoms. The molecule has 0 saturated heterocycles. The number of hydrogen-bond acceptors (Lipinski definition) is 4. The average molecular weight is 342 g/mol. The zero-order valence-electron chi connectivity index (χ0n) is 15.7. The van der Waals surface area contributed by atoms with E-state index in [9.17, 15) is 9.59 Å². The van der Waals surface area contributed by atoms with Crippen LogP contribution in [-0.2, 0) is 14.0 Å². The van der Waals surface area contributed by atoms with E-state index in [1.807, 2.05) is 20.8 Å². The van der Waals surface area contributed by atoms with Crippen molar-refractivity contribution >= 4 is 20.2 Å². The Bertz CT molecular complexity index is 486. The second-order valence-corrected chi connectivity index (χ2v) is 13.4. The summed E-state index contributed by atoms with van der Waals surface area (Å²) < 4.78 is 11.6. The first kappa shape index (κ1) is 19.9. The fourth-order valence-corrected chi connectivity index (χ4v) is 2.86. The lowest BCUT2D eigenvalue weighted by Crippen LogP contribution is -2.51. The molecule has 0 aliphatic carbocycles. The Morgan fingerprint density at radius 2 is 1.83 bits per heavy atom. The van der Waals surface area contributed by atoms with Gasteiger partial charge >= 0.3 is 6.09 Å². The predicted octanol–water partition coefficient (Wildman–Crippen LogP) is 3.75. The van der Waals surface area contributed by atoms with Crippen LogP contribution in [0.5, 0.6) is 0 Å². The number of nitrogens with zero attached hydrogens (tertiary/aromatic N) is 1. The van der Waals surface area contributed by atoms with Crippen LogP contribution in [0.15, 0.2) is 12.2 Å². The SMILES string of the molecule is CC(C)(C)OC(=O)N1CC(=O)C=C[C@H]1CO[Si](C)(C)C(C)(C)C. The molecule has 0 unspecified atom stereocenters. The number of carbonyl (C=O) groups excluding carboxylic acids is 2. The Morgan fingerprint density at radius 3 is 2.30 bits per heavy atom. The van der Waals surface area contributed by atoms with E-state index in [0.29, 0.717) is 6.61 Å². The summed E-state index contributed by atoms with van der Waals surface area (Å²) in [6, 6.07) is -0.267. The van der Waals surface area contributed by atoms with Crippen molar-refractivity contribution in [2.45, 2.75) is 71.3 Å². The van der Waals surface area contributed by atoms with Crippen molar-refractivity contribution < 1.29 is 18.8 Å². The monoisotopic (exact) mass is 341 g/mol. The molecule has 23 heavy (non-hydrogen) atoms. The van der Waals surface area contributed by atoms with Gasteiger partial charge in [-0.05, 0) is 45.0 Å². The zero-order chi connectivity index (χ0) is 18.1. The number of carbonyl (C=O) groups is 2. The smallest absolute Gasteiger partial charge is 0.411 e. The molecule has 5 nitrogen and oxygen atoms in total. The normalized spacial score (nSPS) is 19.9. The summed E-state index contributed by atoms with van der Waals surface area (Å²) in [6.07, 6.45) is 2.79. The van der Waals surface area contributed by atoms with Gasteiger partial charge in [0.05, 0.1) is 19.2 Å². The van der Waals surface area contributed by atoms with E-state index in [1.54, 1.807) is 6.08 Å². The third-order valence-electron chi connectivity index (χ3n) is 4.28. The maximum absolute atomic E-state index is 12.4. The first-order chi connectivity index (χ1) is 10.2. The van der Waals surface area contributed by atoms with E-state index >= 15 is 0 Å². The van der Waals surface area contributed by atoms with Crippen molar-refractivity contribution in [2.75, 3.05) is 13.2 Å². The molecule has 0 saturated carbocycles. The second kappa shape index (κ2) is 6.77. The molecule has 0 aromatic rings. The highest BCUT2D eigenvalue weighted by molar-refractivity contribution is 6.74. The molecule has 1 atom stereocenters. The molecule has 1 amide bonds. The van der Waals surface area contributed by atoms with Gasteiger partial charge in [-0.2, -0.15) is 0 Å². The largest absolute Gasteiger partial charge is 0.444 e. The lowest BCUT2D eigenvalue weighted by molar-refractivity contribution is -0.117. The van der Waals surface area contributed by atoms with E-state index in [2.05, 4.69) is 33.9 Å².